The summed E-state index contributed by atoms with van der Waals surface area (Å²) in [6.07, 6.45) is 5.99. The van der Waals surface area contributed by atoms with Crippen LogP contribution in [0.4, 0.5) is 4.39 Å². The van der Waals surface area contributed by atoms with Gasteiger partial charge in [0.1, 0.15) is 0 Å². The molecule has 0 amide bonds. The monoisotopic (exact) mass is 295 g/mol. The molecule has 4 heteroatoms. The van der Waals surface area contributed by atoms with Crippen LogP contribution in [0, 0.1) is 5.82 Å². The summed E-state index contributed by atoms with van der Waals surface area (Å²) >= 11 is 0. The van der Waals surface area contributed by atoms with Crippen LogP contribution in [0.2, 0.25) is 0 Å². The lowest BCUT2D eigenvalue weighted by Crippen LogP contribution is -2.21. The molecule has 0 spiro atoms. The number of halogens is 1. The SMILES string of the molecule is CCNC(CCCC1CCCO1)c1ccc(OC)c(F)c1. The number of benzene rings is 1. The largest absolute Gasteiger partial charge is 0.494 e. The van der Waals surface area contributed by atoms with Gasteiger partial charge in [0.15, 0.2) is 11.6 Å². The fraction of sp³-hybridized carbons (Fsp3) is 0.647. The molecule has 1 aliphatic heterocycles. The fourth-order valence-corrected chi connectivity index (χ4v) is 2.95. The molecule has 2 atom stereocenters. The molecule has 1 aromatic rings. The van der Waals surface area contributed by atoms with E-state index in [-0.39, 0.29) is 11.9 Å². The van der Waals surface area contributed by atoms with Crippen LogP contribution in [0.15, 0.2) is 18.2 Å². The Labute approximate surface area is 126 Å². The van der Waals surface area contributed by atoms with Gasteiger partial charge < -0.3 is 14.8 Å². The van der Waals surface area contributed by atoms with Gasteiger partial charge in [0.25, 0.3) is 0 Å². The first-order chi connectivity index (χ1) is 10.2. The summed E-state index contributed by atoms with van der Waals surface area (Å²) in [4.78, 5) is 0. The van der Waals surface area contributed by atoms with Gasteiger partial charge in [-0.2, -0.15) is 0 Å². The van der Waals surface area contributed by atoms with Crippen molar-refractivity contribution < 1.29 is 13.9 Å². The van der Waals surface area contributed by atoms with Crippen molar-refractivity contribution in [3.05, 3.63) is 29.6 Å². The molecule has 21 heavy (non-hydrogen) atoms. The zero-order chi connectivity index (χ0) is 15.1. The molecule has 1 heterocycles. The number of hydrogen-bond acceptors (Lipinski definition) is 3. The minimum absolute atomic E-state index is 0.191. The zero-order valence-corrected chi connectivity index (χ0v) is 13.0. The third-order valence-electron chi connectivity index (χ3n) is 4.07. The fourth-order valence-electron chi connectivity index (χ4n) is 2.95. The third kappa shape index (κ3) is 4.68. The molecule has 2 rings (SSSR count). The highest BCUT2D eigenvalue weighted by Gasteiger charge is 2.17. The lowest BCUT2D eigenvalue weighted by molar-refractivity contribution is 0.101. The Morgan fingerprint density at radius 1 is 1.48 bits per heavy atom. The minimum Gasteiger partial charge on any atom is -0.494 e. The van der Waals surface area contributed by atoms with Crippen molar-refractivity contribution in [2.75, 3.05) is 20.3 Å². The van der Waals surface area contributed by atoms with E-state index in [1.54, 1.807) is 12.1 Å². The highest BCUT2D eigenvalue weighted by Crippen LogP contribution is 2.26. The van der Waals surface area contributed by atoms with Gasteiger partial charge in [0.2, 0.25) is 0 Å². The molecule has 2 unspecified atom stereocenters. The van der Waals surface area contributed by atoms with E-state index in [0.717, 1.165) is 38.0 Å². The maximum Gasteiger partial charge on any atom is 0.165 e. The van der Waals surface area contributed by atoms with Crippen molar-refractivity contribution >= 4 is 0 Å². The molecule has 1 N–H and O–H groups in total. The first-order valence-electron chi connectivity index (χ1n) is 7.93. The summed E-state index contributed by atoms with van der Waals surface area (Å²) in [5.41, 5.74) is 0.988. The molecule has 1 saturated heterocycles. The van der Waals surface area contributed by atoms with Crippen LogP contribution in [-0.2, 0) is 4.74 Å². The number of hydrogen-bond donors (Lipinski definition) is 1. The third-order valence-corrected chi connectivity index (χ3v) is 4.07. The molecule has 3 nitrogen and oxygen atoms in total. The molecular weight excluding hydrogens is 269 g/mol. The molecule has 1 fully saturated rings. The molecule has 0 aromatic heterocycles. The number of nitrogens with one attached hydrogen (secondary N) is 1. The van der Waals surface area contributed by atoms with Gasteiger partial charge in [-0.1, -0.05) is 13.0 Å². The molecule has 1 aliphatic rings. The second-order valence-corrected chi connectivity index (χ2v) is 5.57. The van der Waals surface area contributed by atoms with Crippen molar-refractivity contribution in [2.24, 2.45) is 0 Å². The molecule has 0 saturated carbocycles. The Kier molecular flexibility index (Phi) is 6.46. The van der Waals surface area contributed by atoms with Crippen molar-refractivity contribution in [3.8, 4) is 5.75 Å². The van der Waals surface area contributed by atoms with Crippen LogP contribution in [-0.4, -0.2) is 26.4 Å². The predicted molar refractivity (Wildman–Crippen MR) is 82.2 cm³/mol. The molecule has 0 aliphatic carbocycles. The Morgan fingerprint density at radius 2 is 2.33 bits per heavy atom. The molecule has 0 bridgehead atoms. The normalized spacial score (nSPS) is 19.7. The van der Waals surface area contributed by atoms with Crippen molar-refractivity contribution in [2.45, 2.75) is 51.2 Å². The highest BCUT2D eigenvalue weighted by molar-refractivity contribution is 5.31. The average Bonchev–Trinajstić information content (AvgIpc) is 2.99. The Morgan fingerprint density at radius 3 is 2.95 bits per heavy atom. The van der Waals surface area contributed by atoms with Gasteiger partial charge in [0, 0.05) is 12.6 Å². The number of ether oxygens (including phenoxy) is 2. The smallest absolute Gasteiger partial charge is 0.165 e. The van der Waals surface area contributed by atoms with Crippen LogP contribution >= 0.6 is 0 Å². The Hall–Kier alpha value is -1.13. The summed E-state index contributed by atoms with van der Waals surface area (Å²) in [6, 6.07) is 5.42. The first kappa shape index (κ1) is 16.2. The van der Waals surface area contributed by atoms with Gasteiger partial charge >= 0.3 is 0 Å². The van der Waals surface area contributed by atoms with Gasteiger partial charge in [-0.15, -0.1) is 0 Å². The van der Waals surface area contributed by atoms with Crippen molar-refractivity contribution in [3.63, 3.8) is 0 Å². The van der Waals surface area contributed by atoms with E-state index in [0.29, 0.717) is 11.9 Å². The second kappa shape index (κ2) is 8.35. The van der Waals surface area contributed by atoms with Crippen LogP contribution in [0.3, 0.4) is 0 Å². The quantitative estimate of drug-likeness (QED) is 0.790. The molecule has 1 aromatic carbocycles. The lowest BCUT2D eigenvalue weighted by Gasteiger charge is -2.20. The van der Waals surface area contributed by atoms with Gasteiger partial charge in [-0.25, -0.2) is 4.39 Å². The maximum absolute atomic E-state index is 13.8. The topological polar surface area (TPSA) is 30.5 Å². The first-order valence-corrected chi connectivity index (χ1v) is 7.93. The summed E-state index contributed by atoms with van der Waals surface area (Å²) in [6.45, 7) is 3.86. The van der Waals surface area contributed by atoms with Crippen molar-refractivity contribution in [1.82, 2.24) is 5.32 Å². The predicted octanol–water partition coefficient (Wildman–Crippen LogP) is 3.83. The summed E-state index contributed by atoms with van der Waals surface area (Å²) in [7, 11) is 1.49. The zero-order valence-electron chi connectivity index (χ0n) is 13.0. The van der Waals surface area contributed by atoms with E-state index in [2.05, 4.69) is 12.2 Å². The summed E-state index contributed by atoms with van der Waals surface area (Å²) in [5, 5.41) is 3.44. The molecule has 0 radical (unpaired) electrons. The van der Waals surface area contributed by atoms with E-state index in [1.165, 1.54) is 20.0 Å². The van der Waals surface area contributed by atoms with Crippen LogP contribution in [0.1, 0.15) is 50.6 Å². The van der Waals surface area contributed by atoms with Crippen LogP contribution in [0.5, 0.6) is 5.75 Å². The number of methoxy groups -OCH3 is 1. The van der Waals surface area contributed by atoms with Crippen LogP contribution < -0.4 is 10.1 Å². The van der Waals surface area contributed by atoms with E-state index in [1.807, 2.05) is 6.07 Å². The second-order valence-electron chi connectivity index (χ2n) is 5.57. The maximum atomic E-state index is 13.8. The van der Waals surface area contributed by atoms with Gasteiger partial charge in [-0.3, -0.25) is 0 Å². The van der Waals surface area contributed by atoms with E-state index in [9.17, 15) is 4.39 Å². The Balaban J connectivity index is 1.92. The van der Waals surface area contributed by atoms with E-state index < -0.39 is 0 Å². The summed E-state index contributed by atoms with van der Waals surface area (Å²) in [5.74, 6) is 0.00498. The Bertz CT molecular complexity index is 433. The minimum atomic E-state index is -0.294. The van der Waals surface area contributed by atoms with Gasteiger partial charge in [0.05, 0.1) is 13.2 Å². The average molecular weight is 295 g/mol. The highest BCUT2D eigenvalue weighted by atomic mass is 19.1. The van der Waals surface area contributed by atoms with Gasteiger partial charge in [-0.05, 0) is 56.3 Å². The number of rotatable bonds is 8. The lowest BCUT2D eigenvalue weighted by atomic mass is 9.99. The van der Waals surface area contributed by atoms with E-state index >= 15 is 0 Å². The standard InChI is InChI=1S/C17H26FNO2/c1-3-19-16(8-4-6-14-7-5-11-21-14)13-9-10-17(20-2)15(18)12-13/h9-10,12,14,16,19H,3-8,11H2,1-2H3. The molecule has 118 valence electrons. The summed E-state index contributed by atoms with van der Waals surface area (Å²) < 4.78 is 24.5. The van der Waals surface area contributed by atoms with E-state index in [4.69, 9.17) is 9.47 Å². The molecular formula is C17H26FNO2. The van der Waals surface area contributed by atoms with Crippen LogP contribution in [0.25, 0.3) is 0 Å². The van der Waals surface area contributed by atoms with Crippen molar-refractivity contribution in [1.29, 1.82) is 0 Å².